The third-order valence-corrected chi connectivity index (χ3v) is 3.15. The molecule has 0 saturated heterocycles. The van der Waals surface area contributed by atoms with Crippen molar-refractivity contribution < 1.29 is 14.5 Å². The number of nitro groups is 1. The molecule has 0 radical (unpaired) electrons. The third-order valence-electron chi connectivity index (χ3n) is 3.15. The van der Waals surface area contributed by atoms with Crippen LogP contribution in [0, 0.1) is 10.1 Å². The number of unbranched alkanes of at least 4 members (excludes halogenated alkanes) is 1. The second kappa shape index (κ2) is 8.24. The van der Waals surface area contributed by atoms with E-state index in [1.807, 2.05) is 6.92 Å². The Labute approximate surface area is 124 Å². The molecule has 0 spiro atoms. The minimum Gasteiger partial charge on any atom is -0.487 e. The van der Waals surface area contributed by atoms with Gasteiger partial charge < -0.3 is 9.64 Å². The lowest BCUT2D eigenvalue weighted by Gasteiger charge is -2.20. The number of hydrogen-bond donors (Lipinski definition) is 0. The summed E-state index contributed by atoms with van der Waals surface area (Å²) in [5, 5.41) is 11.1. The molecule has 1 aromatic rings. The van der Waals surface area contributed by atoms with Gasteiger partial charge >= 0.3 is 5.69 Å². The molecule has 0 heterocycles. The first-order chi connectivity index (χ1) is 10.0. The topological polar surface area (TPSA) is 72.7 Å². The SMILES string of the molecule is CCCCN(CC)C(=O)c1ccc(OCC)c([N+](=O)[O-])c1. The van der Waals surface area contributed by atoms with Crippen molar-refractivity contribution in [1.29, 1.82) is 0 Å². The Hall–Kier alpha value is -2.11. The minimum absolute atomic E-state index is 0.172. The first-order valence-corrected chi connectivity index (χ1v) is 7.25. The van der Waals surface area contributed by atoms with Gasteiger partial charge in [0.25, 0.3) is 5.91 Å². The Kier molecular flexibility index (Phi) is 6.65. The van der Waals surface area contributed by atoms with Gasteiger partial charge in [0, 0.05) is 24.7 Å². The number of carbonyl (C=O) groups excluding carboxylic acids is 1. The summed E-state index contributed by atoms with van der Waals surface area (Å²) in [6.45, 7) is 7.29. The van der Waals surface area contributed by atoms with Crippen LogP contribution in [-0.2, 0) is 0 Å². The van der Waals surface area contributed by atoms with Gasteiger partial charge in [0.15, 0.2) is 5.75 Å². The fourth-order valence-corrected chi connectivity index (χ4v) is 2.01. The summed E-state index contributed by atoms with van der Waals surface area (Å²) >= 11 is 0. The largest absolute Gasteiger partial charge is 0.487 e. The molecule has 1 rings (SSSR count). The molecule has 0 unspecified atom stereocenters. The molecule has 6 heteroatoms. The first kappa shape index (κ1) is 16.9. The molecule has 1 amide bonds. The van der Waals surface area contributed by atoms with Crippen molar-refractivity contribution in [1.82, 2.24) is 4.90 Å². The smallest absolute Gasteiger partial charge is 0.311 e. The summed E-state index contributed by atoms with van der Waals surface area (Å²) in [7, 11) is 0. The lowest BCUT2D eigenvalue weighted by Crippen LogP contribution is -2.31. The van der Waals surface area contributed by atoms with Crippen molar-refractivity contribution >= 4 is 11.6 Å². The van der Waals surface area contributed by atoms with Crippen molar-refractivity contribution in [2.45, 2.75) is 33.6 Å². The number of nitro benzene ring substituents is 1. The van der Waals surface area contributed by atoms with Crippen molar-refractivity contribution in [2.24, 2.45) is 0 Å². The van der Waals surface area contributed by atoms with Crippen molar-refractivity contribution in [2.75, 3.05) is 19.7 Å². The zero-order valence-electron chi connectivity index (χ0n) is 12.8. The zero-order chi connectivity index (χ0) is 15.8. The van der Waals surface area contributed by atoms with Crippen LogP contribution in [0.3, 0.4) is 0 Å². The number of carbonyl (C=O) groups is 1. The van der Waals surface area contributed by atoms with E-state index in [1.54, 1.807) is 17.9 Å². The average Bonchev–Trinajstić information content (AvgIpc) is 2.48. The molecule has 1 aromatic carbocycles. The Bertz CT molecular complexity index is 502. The minimum atomic E-state index is -0.524. The molecule has 0 saturated carbocycles. The Balaban J connectivity index is 3.04. The average molecular weight is 294 g/mol. The van der Waals surface area contributed by atoms with Gasteiger partial charge in [-0.05, 0) is 32.4 Å². The predicted molar refractivity (Wildman–Crippen MR) is 80.8 cm³/mol. The number of nitrogens with zero attached hydrogens (tertiary/aromatic N) is 2. The van der Waals surface area contributed by atoms with Gasteiger partial charge in [0.2, 0.25) is 0 Å². The van der Waals surface area contributed by atoms with Gasteiger partial charge in [0.05, 0.1) is 11.5 Å². The molecule has 0 bridgehead atoms. The molecule has 0 atom stereocenters. The molecule has 21 heavy (non-hydrogen) atoms. The monoisotopic (exact) mass is 294 g/mol. The highest BCUT2D eigenvalue weighted by atomic mass is 16.6. The molecule has 0 aliphatic rings. The van der Waals surface area contributed by atoms with Gasteiger partial charge in [-0.2, -0.15) is 0 Å². The lowest BCUT2D eigenvalue weighted by atomic mass is 10.1. The lowest BCUT2D eigenvalue weighted by molar-refractivity contribution is -0.385. The highest BCUT2D eigenvalue weighted by Crippen LogP contribution is 2.28. The zero-order valence-corrected chi connectivity index (χ0v) is 12.8. The maximum Gasteiger partial charge on any atom is 0.311 e. The maximum absolute atomic E-state index is 12.4. The number of hydrogen-bond acceptors (Lipinski definition) is 4. The molecule has 0 fully saturated rings. The summed E-state index contributed by atoms with van der Waals surface area (Å²) in [5.74, 6) is 0.00718. The Morgan fingerprint density at radius 2 is 2.05 bits per heavy atom. The van der Waals surface area contributed by atoms with Crippen LogP contribution in [0.15, 0.2) is 18.2 Å². The summed E-state index contributed by atoms with van der Waals surface area (Å²) < 4.78 is 5.22. The van der Waals surface area contributed by atoms with E-state index < -0.39 is 4.92 Å². The van der Waals surface area contributed by atoms with Gasteiger partial charge in [-0.3, -0.25) is 14.9 Å². The molecule has 0 N–H and O–H groups in total. The quantitative estimate of drug-likeness (QED) is 0.545. The van der Waals surface area contributed by atoms with Crippen molar-refractivity contribution in [3.8, 4) is 5.75 Å². The summed E-state index contributed by atoms with van der Waals surface area (Å²) in [5.41, 5.74) is 0.150. The third kappa shape index (κ3) is 4.44. The van der Waals surface area contributed by atoms with Crippen LogP contribution >= 0.6 is 0 Å². The number of benzene rings is 1. The van der Waals surface area contributed by atoms with E-state index in [4.69, 9.17) is 4.74 Å². The second-order valence-corrected chi connectivity index (χ2v) is 4.61. The van der Waals surface area contributed by atoms with Gasteiger partial charge in [-0.25, -0.2) is 0 Å². The molecule has 0 aromatic heterocycles. The standard InChI is InChI=1S/C15H22N2O4/c1-4-7-10-16(5-2)15(18)12-8-9-14(21-6-3)13(11-12)17(19)20/h8-9,11H,4-7,10H2,1-3H3. The van der Waals surface area contributed by atoms with E-state index >= 15 is 0 Å². The van der Waals surface area contributed by atoms with Crippen LogP contribution < -0.4 is 4.74 Å². The highest BCUT2D eigenvalue weighted by molar-refractivity contribution is 5.95. The molecular weight excluding hydrogens is 272 g/mol. The summed E-state index contributed by atoms with van der Waals surface area (Å²) in [4.78, 5) is 24.6. The normalized spacial score (nSPS) is 10.2. The van der Waals surface area contributed by atoms with E-state index in [9.17, 15) is 14.9 Å². The van der Waals surface area contributed by atoms with E-state index in [0.29, 0.717) is 25.3 Å². The van der Waals surface area contributed by atoms with Crippen LogP contribution in [0.25, 0.3) is 0 Å². The molecule has 0 aliphatic carbocycles. The Morgan fingerprint density at radius 3 is 2.57 bits per heavy atom. The number of amides is 1. The fraction of sp³-hybridized carbons (Fsp3) is 0.533. The fourth-order valence-electron chi connectivity index (χ4n) is 2.01. The van der Waals surface area contributed by atoms with E-state index in [1.165, 1.54) is 12.1 Å². The van der Waals surface area contributed by atoms with Crippen molar-refractivity contribution in [3.05, 3.63) is 33.9 Å². The van der Waals surface area contributed by atoms with Crippen LogP contribution in [0.1, 0.15) is 44.0 Å². The van der Waals surface area contributed by atoms with Crippen LogP contribution in [0.2, 0.25) is 0 Å². The highest BCUT2D eigenvalue weighted by Gasteiger charge is 2.21. The molecule has 0 aliphatic heterocycles. The van der Waals surface area contributed by atoms with Crippen molar-refractivity contribution in [3.63, 3.8) is 0 Å². The molecular formula is C15H22N2O4. The predicted octanol–water partition coefficient (Wildman–Crippen LogP) is 3.26. The Morgan fingerprint density at radius 1 is 1.33 bits per heavy atom. The van der Waals surface area contributed by atoms with E-state index in [-0.39, 0.29) is 17.3 Å². The second-order valence-electron chi connectivity index (χ2n) is 4.61. The van der Waals surface area contributed by atoms with E-state index in [2.05, 4.69) is 6.92 Å². The summed E-state index contributed by atoms with van der Waals surface area (Å²) in [6, 6.07) is 4.36. The number of ether oxygens (including phenoxy) is 1. The van der Waals surface area contributed by atoms with Gasteiger partial charge in [-0.15, -0.1) is 0 Å². The first-order valence-electron chi connectivity index (χ1n) is 7.25. The van der Waals surface area contributed by atoms with Crippen LogP contribution in [0.5, 0.6) is 5.75 Å². The summed E-state index contributed by atoms with van der Waals surface area (Å²) in [6.07, 6.45) is 1.91. The van der Waals surface area contributed by atoms with E-state index in [0.717, 1.165) is 12.8 Å². The maximum atomic E-state index is 12.4. The number of rotatable bonds is 8. The van der Waals surface area contributed by atoms with Crippen LogP contribution in [0.4, 0.5) is 5.69 Å². The molecule has 116 valence electrons. The van der Waals surface area contributed by atoms with Gasteiger partial charge in [-0.1, -0.05) is 13.3 Å². The molecule has 6 nitrogen and oxygen atoms in total. The van der Waals surface area contributed by atoms with Crippen LogP contribution in [-0.4, -0.2) is 35.4 Å². The van der Waals surface area contributed by atoms with Gasteiger partial charge in [0.1, 0.15) is 0 Å².